The van der Waals surface area contributed by atoms with Gasteiger partial charge in [0.25, 0.3) is 0 Å². The van der Waals surface area contributed by atoms with Crippen molar-refractivity contribution in [2.75, 3.05) is 13.2 Å². The van der Waals surface area contributed by atoms with Gasteiger partial charge >= 0.3 is 5.97 Å². The third-order valence-electron chi connectivity index (χ3n) is 14.2. The van der Waals surface area contributed by atoms with Gasteiger partial charge in [0.2, 0.25) is 5.91 Å². The fourth-order valence-electron chi connectivity index (χ4n) is 9.51. The zero-order valence-corrected chi connectivity index (χ0v) is 45.9. The summed E-state index contributed by atoms with van der Waals surface area (Å²) in [5.41, 5.74) is 0. The first-order chi connectivity index (χ1) is 33.5. The van der Waals surface area contributed by atoms with E-state index in [-0.39, 0.29) is 18.5 Å². The number of aliphatic hydroxyl groups excluding tert-OH is 2. The van der Waals surface area contributed by atoms with E-state index in [0.29, 0.717) is 19.4 Å². The molecule has 0 saturated carbocycles. The monoisotopic (exact) mass is 958 g/mol. The van der Waals surface area contributed by atoms with Crippen LogP contribution in [0.25, 0.3) is 0 Å². The van der Waals surface area contributed by atoms with E-state index in [0.717, 1.165) is 44.9 Å². The van der Waals surface area contributed by atoms with Gasteiger partial charge in [-0.3, -0.25) is 9.59 Å². The van der Waals surface area contributed by atoms with Crippen molar-refractivity contribution in [3.8, 4) is 0 Å². The number of esters is 1. The van der Waals surface area contributed by atoms with E-state index in [2.05, 4.69) is 31.3 Å². The molecule has 0 heterocycles. The lowest BCUT2D eigenvalue weighted by Crippen LogP contribution is -2.45. The lowest BCUT2D eigenvalue weighted by atomic mass is 10.0. The van der Waals surface area contributed by atoms with Crippen LogP contribution < -0.4 is 5.32 Å². The summed E-state index contributed by atoms with van der Waals surface area (Å²) in [5, 5.41) is 23.2. The van der Waals surface area contributed by atoms with Crippen LogP contribution in [-0.2, 0) is 14.3 Å². The van der Waals surface area contributed by atoms with Gasteiger partial charge in [-0.2, -0.15) is 0 Å². The van der Waals surface area contributed by atoms with Crippen molar-refractivity contribution in [3.05, 3.63) is 24.3 Å². The Balaban J connectivity index is 3.46. The van der Waals surface area contributed by atoms with E-state index < -0.39 is 12.1 Å². The molecule has 2 atom stereocenters. The minimum absolute atomic E-state index is 0.00654. The van der Waals surface area contributed by atoms with E-state index >= 15 is 0 Å². The number of hydrogen-bond donors (Lipinski definition) is 3. The Kier molecular flexibility index (Phi) is 56.5. The SMILES string of the molecule is CCCCCC/C=C\CCCCCCCC(=O)OCCCCCCCCCCCCCCCCCCC(=O)NC(CO)C(O)/C=C/CCCCCCCCCCCCCCCCCCCCCC. The summed E-state index contributed by atoms with van der Waals surface area (Å²) >= 11 is 0. The first-order valence-corrected chi connectivity index (χ1v) is 30.6. The highest BCUT2D eigenvalue weighted by Crippen LogP contribution is 2.17. The molecule has 0 aliphatic rings. The molecular weight excluding hydrogens is 839 g/mol. The fourth-order valence-corrected chi connectivity index (χ4v) is 9.51. The van der Waals surface area contributed by atoms with Crippen molar-refractivity contribution in [1.29, 1.82) is 0 Å². The molecular formula is C62H119NO5. The van der Waals surface area contributed by atoms with Crippen LogP contribution in [0.5, 0.6) is 0 Å². The van der Waals surface area contributed by atoms with Gasteiger partial charge in [-0.1, -0.05) is 289 Å². The maximum atomic E-state index is 12.5. The van der Waals surface area contributed by atoms with Crippen LogP contribution in [0.3, 0.4) is 0 Å². The molecule has 0 aliphatic carbocycles. The standard InChI is InChI=1S/C62H119NO5/c1-3-5-7-9-11-13-15-17-18-19-20-21-22-23-24-27-31-34-38-42-46-50-54-60(65)59(58-64)63-61(66)55-51-47-43-39-35-32-28-25-26-29-33-37-41-45-49-53-57-68-62(67)56-52-48-44-40-36-30-16-14-12-10-8-6-4-2/h14,16,50,54,59-60,64-65H,3-13,15,17-49,51-53,55-58H2,1-2H3,(H,63,66)/b16-14-,54-50+. The Morgan fingerprint density at radius 2 is 0.691 bits per heavy atom. The highest BCUT2D eigenvalue weighted by atomic mass is 16.5. The highest BCUT2D eigenvalue weighted by molar-refractivity contribution is 5.76. The summed E-state index contributed by atoms with van der Waals surface area (Å²) in [7, 11) is 0. The van der Waals surface area contributed by atoms with E-state index in [1.807, 2.05) is 6.08 Å². The molecule has 0 bridgehead atoms. The zero-order valence-electron chi connectivity index (χ0n) is 45.9. The van der Waals surface area contributed by atoms with Gasteiger partial charge < -0.3 is 20.3 Å². The van der Waals surface area contributed by atoms with Gasteiger partial charge in [0.05, 0.1) is 25.4 Å². The van der Waals surface area contributed by atoms with E-state index in [9.17, 15) is 19.8 Å². The second-order valence-electron chi connectivity index (χ2n) is 21.0. The Morgan fingerprint density at radius 3 is 1.06 bits per heavy atom. The van der Waals surface area contributed by atoms with Gasteiger partial charge in [-0.25, -0.2) is 0 Å². The quantitative estimate of drug-likeness (QED) is 0.0321. The molecule has 0 aromatic heterocycles. The number of unbranched alkanes of at least 4 members (excludes halogenated alkanes) is 44. The van der Waals surface area contributed by atoms with Crippen LogP contribution in [0, 0.1) is 0 Å². The molecule has 6 heteroatoms. The van der Waals surface area contributed by atoms with Gasteiger partial charge in [-0.15, -0.1) is 0 Å². The molecule has 1 amide bonds. The molecule has 6 nitrogen and oxygen atoms in total. The van der Waals surface area contributed by atoms with E-state index in [4.69, 9.17) is 4.74 Å². The average Bonchev–Trinajstić information content (AvgIpc) is 3.34. The lowest BCUT2D eigenvalue weighted by molar-refractivity contribution is -0.143. The van der Waals surface area contributed by atoms with Crippen LogP contribution in [0.15, 0.2) is 24.3 Å². The number of hydrogen-bond acceptors (Lipinski definition) is 5. The number of rotatable bonds is 57. The summed E-state index contributed by atoms with van der Waals surface area (Å²) in [6.45, 7) is 4.89. The largest absolute Gasteiger partial charge is 0.466 e. The van der Waals surface area contributed by atoms with Gasteiger partial charge in [0.15, 0.2) is 0 Å². The molecule has 2 unspecified atom stereocenters. The third-order valence-corrected chi connectivity index (χ3v) is 14.2. The zero-order chi connectivity index (χ0) is 49.3. The molecule has 402 valence electrons. The van der Waals surface area contributed by atoms with Crippen LogP contribution in [0.4, 0.5) is 0 Å². The van der Waals surface area contributed by atoms with Gasteiger partial charge in [-0.05, 0) is 57.8 Å². The van der Waals surface area contributed by atoms with Crippen LogP contribution in [0.1, 0.15) is 335 Å². The van der Waals surface area contributed by atoms with Gasteiger partial charge in [0.1, 0.15) is 0 Å². The maximum Gasteiger partial charge on any atom is 0.305 e. The number of aliphatic hydroxyl groups is 2. The predicted octanol–water partition coefficient (Wildman–Crippen LogP) is 19.0. The Labute approximate surface area is 424 Å². The smallest absolute Gasteiger partial charge is 0.305 e. The molecule has 0 fully saturated rings. The van der Waals surface area contributed by atoms with Crippen molar-refractivity contribution in [3.63, 3.8) is 0 Å². The van der Waals surface area contributed by atoms with Crippen molar-refractivity contribution in [2.45, 2.75) is 347 Å². The molecule has 0 rings (SSSR count). The third kappa shape index (κ3) is 53.7. The summed E-state index contributed by atoms with van der Waals surface area (Å²) in [6.07, 6.45) is 70.6. The molecule has 3 N–H and O–H groups in total. The molecule has 0 aromatic rings. The molecule has 0 spiro atoms. The van der Waals surface area contributed by atoms with Crippen LogP contribution in [0.2, 0.25) is 0 Å². The maximum absolute atomic E-state index is 12.5. The minimum Gasteiger partial charge on any atom is -0.466 e. The van der Waals surface area contributed by atoms with E-state index in [1.165, 1.54) is 263 Å². The average molecular weight is 959 g/mol. The van der Waals surface area contributed by atoms with Crippen molar-refractivity contribution < 1.29 is 24.5 Å². The molecule has 0 saturated heterocycles. The second kappa shape index (κ2) is 57.9. The molecule has 68 heavy (non-hydrogen) atoms. The summed E-state index contributed by atoms with van der Waals surface area (Å²) in [5.74, 6) is -0.0784. The molecule has 0 radical (unpaired) electrons. The number of ether oxygens (including phenoxy) is 1. The predicted molar refractivity (Wildman–Crippen MR) is 296 cm³/mol. The minimum atomic E-state index is -0.850. The number of nitrogens with one attached hydrogen (secondary N) is 1. The lowest BCUT2D eigenvalue weighted by Gasteiger charge is -2.20. The fraction of sp³-hybridized carbons (Fsp3) is 0.903. The molecule has 0 aliphatic heterocycles. The Bertz CT molecular complexity index is 1060. The summed E-state index contributed by atoms with van der Waals surface area (Å²) in [6, 6.07) is -0.634. The van der Waals surface area contributed by atoms with Crippen molar-refractivity contribution in [1.82, 2.24) is 5.32 Å². The first-order valence-electron chi connectivity index (χ1n) is 30.6. The second-order valence-corrected chi connectivity index (χ2v) is 21.0. The van der Waals surface area contributed by atoms with Crippen molar-refractivity contribution in [2.24, 2.45) is 0 Å². The number of amides is 1. The molecule has 0 aromatic carbocycles. The van der Waals surface area contributed by atoms with Gasteiger partial charge in [0, 0.05) is 12.8 Å². The van der Waals surface area contributed by atoms with Crippen LogP contribution >= 0.6 is 0 Å². The van der Waals surface area contributed by atoms with Crippen LogP contribution in [-0.4, -0.2) is 47.4 Å². The highest BCUT2D eigenvalue weighted by Gasteiger charge is 2.18. The topological polar surface area (TPSA) is 95.9 Å². The van der Waals surface area contributed by atoms with Crippen molar-refractivity contribution >= 4 is 11.9 Å². The Morgan fingerprint density at radius 1 is 0.397 bits per heavy atom. The number of carbonyl (C=O) groups is 2. The summed E-state index contributed by atoms with van der Waals surface area (Å²) < 4.78 is 5.47. The number of carbonyl (C=O) groups excluding carboxylic acids is 2. The first kappa shape index (κ1) is 66.3. The normalized spacial score (nSPS) is 12.7. The number of allylic oxidation sites excluding steroid dienone is 3. The van der Waals surface area contributed by atoms with E-state index in [1.54, 1.807) is 6.08 Å². The summed E-state index contributed by atoms with van der Waals surface area (Å²) in [4.78, 5) is 24.5. The Hall–Kier alpha value is -1.66.